The fourth-order valence-electron chi connectivity index (χ4n) is 8.92. The lowest BCUT2D eigenvalue weighted by Gasteiger charge is -2.64. The largest absolute Gasteiger partial charge is 0.456 e. The predicted molar refractivity (Wildman–Crippen MR) is 167 cm³/mol. The number of unbranched alkanes of at least 4 members (excludes halogenated alkanes) is 2. The second-order valence-electron chi connectivity index (χ2n) is 13.7. The minimum Gasteiger partial charge on any atom is -0.456 e. The summed E-state index contributed by atoms with van der Waals surface area (Å²) in [5, 5.41) is 23.6. The minimum atomic E-state index is -1.71. The number of allylic oxidation sites excluding steroid dienone is 4. The summed E-state index contributed by atoms with van der Waals surface area (Å²) in [6.45, 7) is 5.99. The van der Waals surface area contributed by atoms with E-state index in [1.54, 1.807) is 19.1 Å². The number of alkyl halides is 1. The van der Waals surface area contributed by atoms with E-state index in [0.717, 1.165) is 5.57 Å². The lowest BCUT2D eigenvalue weighted by Crippen LogP contribution is -2.69. The van der Waals surface area contributed by atoms with Gasteiger partial charge in [-0.2, -0.15) is 0 Å². The number of hydrogen-bond acceptors (Lipinski definition) is 11. The summed E-state index contributed by atoms with van der Waals surface area (Å²) in [5.74, 6) is -3.61. The Hall–Kier alpha value is -3.32. The van der Waals surface area contributed by atoms with Crippen molar-refractivity contribution in [2.45, 2.75) is 102 Å². The van der Waals surface area contributed by atoms with Crippen molar-refractivity contribution in [2.75, 3.05) is 19.8 Å². The number of amides is 1. The van der Waals surface area contributed by atoms with Gasteiger partial charge in [0.2, 0.25) is 11.7 Å². The fourth-order valence-corrected chi connectivity index (χ4v) is 9.44. The maximum Gasteiger partial charge on any atom is 0.325 e. The van der Waals surface area contributed by atoms with Crippen LogP contribution in [0.2, 0.25) is 0 Å². The van der Waals surface area contributed by atoms with E-state index in [4.69, 9.17) is 21.1 Å². The van der Waals surface area contributed by atoms with Gasteiger partial charge >= 0.3 is 11.9 Å². The number of halogens is 1. The van der Waals surface area contributed by atoms with Gasteiger partial charge in [0.15, 0.2) is 18.0 Å². The molecule has 3 saturated carbocycles. The highest BCUT2D eigenvalue weighted by atomic mass is 35.5. The Balaban J connectivity index is 1.47. The third-order valence-electron chi connectivity index (χ3n) is 11.2. The van der Waals surface area contributed by atoms with E-state index < -0.39 is 75.2 Å². The number of carbonyl (C=O) groups is 5. The van der Waals surface area contributed by atoms with Crippen LogP contribution < -0.4 is 5.32 Å². The molecule has 0 heterocycles. The average molecular weight is 681 g/mol. The molecule has 8 atom stereocenters. The van der Waals surface area contributed by atoms with Crippen molar-refractivity contribution in [2.24, 2.45) is 28.6 Å². The number of carbonyl (C=O) groups excluding carboxylic acids is 5. The lowest BCUT2D eigenvalue weighted by atomic mass is 9.45. The van der Waals surface area contributed by atoms with Crippen LogP contribution in [0.4, 0.5) is 0 Å². The molecular formula is C33H45ClN2O11. The van der Waals surface area contributed by atoms with Crippen molar-refractivity contribution in [3.63, 3.8) is 0 Å². The number of nitrogens with one attached hydrogen (secondary N) is 1. The SMILES string of the molecule is CCC(=O)O[C@]1(C(=O)COC(=O)CNC(=O)CCCCCO[N+](=O)[O-])[C@@H](C)C[C@H]2[C@@H]3CCC4=CC(=O)C=C[C@]4(C)[C@@]3(Cl)[C@@H](O)C[C@@]21C. The van der Waals surface area contributed by atoms with Gasteiger partial charge in [-0.1, -0.05) is 45.8 Å². The summed E-state index contributed by atoms with van der Waals surface area (Å²) in [6.07, 6.45) is 6.88. The number of fused-ring (bicyclic) bond motifs is 5. The second-order valence-corrected chi connectivity index (χ2v) is 14.3. The first-order valence-electron chi connectivity index (χ1n) is 16.3. The van der Waals surface area contributed by atoms with Gasteiger partial charge in [-0.3, -0.25) is 24.0 Å². The number of nitrogens with zero attached hydrogens (tertiary/aromatic N) is 1. The topological polar surface area (TPSA) is 188 Å². The van der Waals surface area contributed by atoms with Gasteiger partial charge in [-0.15, -0.1) is 21.7 Å². The molecule has 0 saturated heterocycles. The molecular weight excluding hydrogens is 636 g/mol. The van der Waals surface area contributed by atoms with Gasteiger partial charge in [-0.25, -0.2) is 0 Å². The van der Waals surface area contributed by atoms with E-state index in [-0.39, 0.29) is 43.5 Å². The molecule has 0 aromatic heterocycles. The average Bonchev–Trinajstić information content (AvgIpc) is 3.23. The molecule has 0 aromatic rings. The number of Topliss-reactive ketones (excluding diaryl/α,β-unsaturated/α-hetero) is 1. The molecule has 0 radical (unpaired) electrons. The Kier molecular flexibility index (Phi) is 10.9. The van der Waals surface area contributed by atoms with Crippen LogP contribution in [0.25, 0.3) is 0 Å². The molecule has 0 bridgehead atoms. The smallest absolute Gasteiger partial charge is 0.325 e. The van der Waals surface area contributed by atoms with Crippen LogP contribution >= 0.6 is 11.6 Å². The first-order chi connectivity index (χ1) is 22.1. The Labute approximate surface area is 278 Å². The lowest BCUT2D eigenvalue weighted by molar-refractivity contribution is -0.757. The Morgan fingerprint density at radius 2 is 1.87 bits per heavy atom. The third-order valence-corrected chi connectivity index (χ3v) is 12.1. The second kappa shape index (κ2) is 14.0. The summed E-state index contributed by atoms with van der Waals surface area (Å²) in [6, 6.07) is 0. The summed E-state index contributed by atoms with van der Waals surface area (Å²) < 4.78 is 11.4. The molecule has 4 aliphatic rings. The zero-order valence-electron chi connectivity index (χ0n) is 27.4. The molecule has 47 heavy (non-hydrogen) atoms. The summed E-state index contributed by atoms with van der Waals surface area (Å²) in [5.41, 5.74) is -2.68. The molecule has 4 rings (SSSR count). The summed E-state index contributed by atoms with van der Waals surface area (Å²) in [7, 11) is 0. The summed E-state index contributed by atoms with van der Waals surface area (Å²) in [4.78, 5) is 77.3. The molecule has 1 amide bonds. The molecule has 3 fully saturated rings. The standard InChI is InChI=1S/C33H45ClN2O11/c1-5-28(41)47-33(26(39)19-45-29(42)18-35-27(40)9-7-6-8-14-46-36(43)44)20(2)15-24-23-11-10-21-16-22(37)12-13-30(21,3)32(23,34)25(38)17-31(24,33)4/h12-13,16,20,23-25,38H,5-11,14-15,17-19H2,1-4H3,(H,35,40)/t20-,23-,24-,25-,30-,31-,32-,33-/m0/s1. The van der Waals surface area contributed by atoms with Crippen LogP contribution in [0.1, 0.15) is 85.5 Å². The van der Waals surface area contributed by atoms with Crippen LogP contribution in [0, 0.1) is 38.7 Å². The number of esters is 2. The maximum absolute atomic E-state index is 14.2. The fraction of sp³-hybridized carbons (Fsp3) is 0.727. The van der Waals surface area contributed by atoms with Crippen molar-refractivity contribution < 1.29 is 48.5 Å². The highest BCUT2D eigenvalue weighted by molar-refractivity contribution is 6.26. The number of hydrogen-bond donors (Lipinski definition) is 2. The molecule has 13 nitrogen and oxygen atoms in total. The first kappa shape index (κ1) is 36.5. The molecule has 4 aliphatic carbocycles. The van der Waals surface area contributed by atoms with Crippen LogP contribution in [0.3, 0.4) is 0 Å². The molecule has 0 aliphatic heterocycles. The van der Waals surface area contributed by atoms with E-state index in [2.05, 4.69) is 10.2 Å². The van der Waals surface area contributed by atoms with Gasteiger partial charge in [0, 0.05) is 29.6 Å². The predicted octanol–water partition coefficient (Wildman–Crippen LogP) is 3.56. The highest BCUT2D eigenvalue weighted by Crippen LogP contribution is 2.72. The van der Waals surface area contributed by atoms with Gasteiger partial charge < -0.3 is 24.7 Å². The van der Waals surface area contributed by atoms with E-state index in [1.807, 2.05) is 20.8 Å². The number of aliphatic hydroxyl groups is 1. The third kappa shape index (κ3) is 6.45. The van der Waals surface area contributed by atoms with Gasteiger partial charge in [0.25, 0.3) is 5.09 Å². The van der Waals surface area contributed by atoms with Gasteiger partial charge in [-0.05, 0) is 62.5 Å². The minimum absolute atomic E-state index is 0.00748. The Bertz CT molecular complexity index is 1370. The van der Waals surface area contributed by atoms with Crippen LogP contribution in [0.5, 0.6) is 0 Å². The zero-order valence-corrected chi connectivity index (χ0v) is 28.1. The van der Waals surface area contributed by atoms with Gasteiger partial charge in [0.05, 0.1) is 17.6 Å². The van der Waals surface area contributed by atoms with Crippen molar-refractivity contribution in [3.05, 3.63) is 33.9 Å². The van der Waals surface area contributed by atoms with Gasteiger partial charge in [0.1, 0.15) is 6.54 Å². The van der Waals surface area contributed by atoms with Crippen molar-refractivity contribution in [1.82, 2.24) is 5.32 Å². The molecule has 260 valence electrons. The van der Waals surface area contributed by atoms with E-state index in [0.29, 0.717) is 38.5 Å². The maximum atomic E-state index is 14.2. The normalized spacial score (nSPS) is 35.4. The zero-order chi connectivity index (χ0) is 34.8. The quantitative estimate of drug-likeness (QED) is 0.0897. The molecule has 0 aromatic carbocycles. The Morgan fingerprint density at radius 3 is 2.55 bits per heavy atom. The highest BCUT2D eigenvalue weighted by Gasteiger charge is 2.76. The number of rotatable bonds is 14. The number of ketones is 2. The van der Waals surface area contributed by atoms with E-state index >= 15 is 0 Å². The number of ether oxygens (including phenoxy) is 2. The van der Waals surface area contributed by atoms with E-state index in [9.17, 15) is 39.2 Å². The molecule has 0 unspecified atom stereocenters. The van der Waals surface area contributed by atoms with E-state index in [1.165, 1.54) is 6.08 Å². The number of aliphatic hydroxyl groups excluding tert-OH is 1. The summed E-state index contributed by atoms with van der Waals surface area (Å²) >= 11 is 7.52. The van der Waals surface area contributed by atoms with Crippen molar-refractivity contribution in [3.8, 4) is 0 Å². The first-order valence-corrected chi connectivity index (χ1v) is 16.7. The molecule has 14 heteroatoms. The monoisotopic (exact) mass is 680 g/mol. The van der Waals surface area contributed by atoms with Crippen LogP contribution in [-0.2, 0) is 38.3 Å². The van der Waals surface area contributed by atoms with Crippen molar-refractivity contribution >= 4 is 41.0 Å². The molecule has 0 spiro atoms. The van der Waals surface area contributed by atoms with Crippen LogP contribution in [0.15, 0.2) is 23.8 Å². The van der Waals surface area contributed by atoms with Crippen molar-refractivity contribution in [1.29, 1.82) is 0 Å². The molecule has 2 N–H and O–H groups in total. The Morgan fingerprint density at radius 1 is 1.15 bits per heavy atom. The van der Waals surface area contributed by atoms with Crippen LogP contribution in [-0.4, -0.2) is 75.9 Å².